The second-order valence-electron chi connectivity index (χ2n) is 6.34. The summed E-state index contributed by atoms with van der Waals surface area (Å²) in [5.74, 6) is 0.811. The van der Waals surface area contributed by atoms with Crippen LogP contribution >= 0.6 is 0 Å². The van der Waals surface area contributed by atoms with Crippen molar-refractivity contribution in [2.45, 2.75) is 0 Å². The van der Waals surface area contributed by atoms with Gasteiger partial charge in [-0.3, -0.25) is 0 Å². The van der Waals surface area contributed by atoms with Crippen molar-refractivity contribution in [3.63, 3.8) is 0 Å². The van der Waals surface area contributed by atoms with Crippen LogP contribution in [-0.2, 0) is 0 Å². The van der Waals surface area contributed by atoms with Gasteiger partial charge in [-0.1, -0.05) is 60.7 Å². The molecule has 0 aliphatic carbocycles. The fraction of sp³-hybridized carbons (Fsp3) is 0. The van der Waals surface area contributed by atoms with Crippen LogP contribution in [0.3, 0.4) is 0 Å². The quantitative estimate of drug-likeness (QED) is 0.473. The highest BCUT2D eigenvalue weighted by atomic mass is 16.3. The SMILES string of the molecule is Nc1nc(-c2ccccc2)nc(-c2cccc3oc4ccccc4c23)c1N. The number of fused-ring (bicyclic) bond motifs is 3. The molecule has 5 nitrogen and oxygen atoms in total. The first kappa shape index (κ1) is 15.4. The molecule has 0 saturated heterocycles. The smallest absolute Gasteiger partial charge is 0.162 e. The number of rotatable bonds is 2. The molecule has 5 aromatic rings. The van der Waals surface area contributed by atoms with Crippen LogP contribution in [0.25, 0.3) is 44.6 Å². The van der Waals surface area contributed by atoms with Crippen molar-refractivity contribution in [1.29, 1.82) is 0 Å². The standard InChI is InChI=1S/C22H16N4O/c23-19-20(25-22(26-21(19)24)13-7-2-1-3-8-13)15-10-6-12-17-18(15)14-9-4-5-11-16(14)27-17/h1-12H,23H2,(H2,24,25,26). The fourth-order valence-corrected chi connectivity index (χ4v) is 3.38. The number of hydrogen-bond donors (Lipinski definition) is 2. The van der Waals surface area contributed by atoms with E-state index in [0.29, 0.717) is 17.2 Å². The maximum atomic E-state index is 6.28. The van der Waals surface area contributed by atoms with Crippen molar-refractivity contribution in [3.05, 3.63) is 72.8 Å². The van der Waals surface area contributed by atoms with E-state index in [1.165, 1.54) is 0 Å². The molecule has 0 amide bonds. The summed E-state index contributed by atoms with van der Waals surface area (Å²) in [4.78, 5) is 9.13. The first-order valence-electron chi connectivity index (χ1n) is 8.61. The first-order valence-corrected chi connectivity index (χ1v) is 8.61. The number of anilines is 2. The van der Waals surface area contributed by atoms with Crippen LogP contribution < -0.4 is 11.5 Å². The highest BCUT2D eigenvalue weighted by Crippen LogP contribution is 2.39. The lowest BCUT2D eigenvalue weighted by atomic mass is 10.0. The average molecular weight is 352 g/mol. The van der Waals surface area contributed by atoms with Crippen LogP contribution in [0.2, 0.25) is 0 Å². The summed E-state index contributed by atoms with van der Waals surface area (Å²) in [5, 5.41) is 1.98. The molecule has 3 aromatic carbocycles. The van der Waals surface area contributed by atoms with E-state index in [9.17, 15) is 0 Å². The zero-order valence-electron chi connectivity index (χ0n) is 14.4. The van der Waals surface area contributed by atoms with Crippen molar-refractivity contribution in [1.82, 2.24) is 9.97 Å². The topological polar surface area (TPSA) is 91.0 Å². The molecule has 130 valence electrons. The minimum absolute atomic E-state index is 0.267. The van der Waals surface area contributed by atoms with E-state index in [1.54, 1.807) is 0 Å². The van der Waals surface area contributed by atoms with Gasteiger partial charge in [0.05, 0.1) is 0 Å². The summed E-state index contributed by atoms with van der Waals surface area (Å²) in [6.45, 7) is 0. The van der Waals surface area contributed by atoms with Gasteiger partial charge in [-0.05, 0) is 12.1 Å². The van der Waals surface area contributed by atoms with Crippen LogP contribution in [0, 0.1) is 0 Å². The van der Waals surface area contributed by atoms with Gasteiger partial charge in [-0.25, -0.2) is 9.97 Å². The number of nitrogens with zero attached hydrogens (tertiary/aromatic N) is 2. The van der Waals surface area contributed by atoms with E-state index < -0.39 is 0 Å². The third-order valence-electron chi connectivity index (χ3n) is 4.66. The molecule has 4 N–H and O–H groups in total. The Labute approximate surface area is 155 Å². The second kappa shape index (κ2) is 5.85. The zero-order chi connectivity index (χ0) is 18.4. The minimum atomic E-state index is 0.267. The van der Waals surface area contributed by atoms with Crippen LogP contribution in [0.1, 0.15) is 0 Å². The maximum absolute atomic E-state index is 6.28. The van der Waals surface area contributed by atoms with E-state index in [4.69, 9.17) is 20.9 Å². The van der Waals surface area contributed by atoms with Crippen molar-refractivity contribution in [2.24, 2.45) is 0 Å². The Morgan fingerprint density at radius 3 is 2.30 bits per heavy atom. The van der Waals surface area contributed by atoms with E-state index in [0.717, 1.165) is 33.1 Å². The van der Waals surface area contributed by atoms with Gasteiger partial charge in [0.2, 0.25) is 0 Å². The molecule has 5 heteroatoms. The van der Waals surface area contributed by atoms with Crippen molar-refractivity contribution in [2.75, 3.05) is 11.5 Å². The van der Waals surface area contributed by atoms with E-state index in [-0.39, 0.29) is 5.82 Å². The van der Waals surface area contributed by atoms with Gasteiger partial charge < -0.3 is 15.9 Å². The number of hydrogen-bond acceptors (Lipinski definition) is 5. The number of aromatic nitrogens is 2. The number of furan rings is 1. The summed E-state index contributed by atoms with van der Waals surface area (Å²) >= 11 is 0. The number of nitrogens with two attached hydrogens (primary N) is 2. The normalized spacial score (nSPS) is 11.3. The lowest BCUT2D eigenvalue weighted by Gasteiger charge is -2.11. The van der Waals surface area contributed by atoms with Crippen LogP contribution in [-0.4, -0.2) is 9.97 Å². The monoisotopic (exact) mass is 352 g/mol. The number of benzene rings is 3. The lowest BCUT2D eigenvalue weighted by molar-refractivity contribution is 0.669. The fourth-order valence-electron chi connectivity index (χ4n) is 3.38. The van der Waals surface area contributed by atoms with E-state index >= 15 is 0 Å². The molecule has 27 heavy (non-hydrogen) atoms. The van der Waals surface area contributed by atoms with Gasteiger partial charge in [0.25, 0.3) is 0 Å². The zero-order valence-corrected chi connectivity index (χ0v) is 14.4. The molecule has 0 radical (unpaired) electrons. The third-order valence-corrected chi connectivity index (χ3v) is 4.66. The summed E-state index contributed by atoms with van der Waals surface area (Å²) in [6.07, 6.45) is 0. The highest BCUT2D eigenvalue weighted by molar-refractivity contribution is 6.13. The van der Waals surface area contributed by atoms with Crippen LogP contribution in [0.15, 0.2) is 77.2 Å². The molecule has 0 fully saturated rings. The molecule has 2 heterocycles. The van der Waals surface area contributed by atoms with Crippen molar-refractivity contribution in [3.8, 4) is 22.6 Å². The molecule has 0 atom stereocenters. The van der Waals surface area contributed by atoms with E-state index in [1.807, 2.05) is 72.8 Å². The predicted molar refractivity (Wildman–Crippen MR) is 109 cm³/mol. The second-order valence-corrected chi connectivity index (χ2v) is 6.34. The van der Waals surface area contributed by atoms with Gasteiger partial charge in [-0.2, -0.15) is 0 Å². The molecular formula is C22H16N4O. The van der Waals surface area contributed by atoms with Gasteiger partial charge in [0.1, 0.15) is 22.5 Å². The predicted octanol–water partition coefficient (Wildman–Crippen LogP) is 4.87. The Morgan fingerprint density at radius 1 is 0.704 bits per heavy atom. The molecule has 0 aliphatic heterocycles. The van der Waals surface area contributed by atoms with Gasteiger partial charge in [-0.15, -0.1) is 0 Å². The Balaban J connectivity index is 1.84. The lowest BCUT2D eigenvalue weighted by Crippen LogP contribution is -2.05. The Morgan fingerprint density at radius 2 is 1.44 bits per heavy atom. The summed E-state index contributed by atoms with van der Waals surface area (Å²) < 4.78 is 5.98. The molecule has 0 spiro atoms. The van der Waals surface area contributed by atoms with Crippen molar-refractivity contribution >= 4 is 33.4 Å². The largest absolute Gasteiger partial charge is 0.456 e. The molecule has 0 unspecified atom stereocenters. The molecule has 2 aromatic heterocycles. The molecule has 0 saturated carbocycles. The number of para-hydroxylation sites is 1. The number of nitrogen functional groups attached to an aromatic ring is 2. The Hall–Kier alpha value is -3.86. The van der Waals surface area contributed by atoms with Gasteiger partial charge in [0.15, 0.2) is 11.6 Å². The van der Waals surface area contributed by atoms with Crippen LogP contribution in [0.4, 0.5) is 11.5 Å². The highest BCUT2D eigenvalue weighted by Gasteiger charge is 2.18. The van der Waals surface area contributed by atoms with Gasteiger partial charge in [0, 0.05) is 21.9 Å². The minimum Gasteiger partial charge on any atom is -0.456 e. The summed E-state index contributed by atoms with van der Waals surface area (Å²) in [5.41, 5.74) is 16.8. The average Bonchev–Trinajstić information content (AvgIpc) is 3.09. The van der Waals surface area contributed by atoms with Crippen molar-refractivity contribution < 1.29 is 4.42 Å². The molecule has 5 rings (SSSR count). The molecular weight excluding hydrogens is 336 g/mol. The first-order chi connectivity index (χ1) is 13.2. The molecule has 0 aliphatic rings. The van der Waals surface area contributed by atoms with Crippen LogP contribution in [0.5, 0.6) is 0 Å². The molecule has 0 bridgehead atoms. The Bertz CT molecular complexity index is 1290. The van der Waals surface area contributed by atoms with Gasteiger partial charge >= 0.3 is 0 Å². The summed E-state index contributed by atoms with van der Waals surface area (Å²) in [6, 6.07) is 23.5. The maximum Gasteiger partial charge on any atom is 0.162 e. The third kappa shape index (κ3) is 2.40. The summed E-state index contributed by atoms with van der Waals surface area (Å²) in [7, 11) is 0. The Kier molecular flexibility index (Phi) is 3.33. The van der Waals surface area contributed by atoms with E-state index in [2.05, 4.69) is 4.98 Å².